The van der Waals surface area contributed by atoms with Crippen LogP contribution < -0.4 is 5.73 Å². The van der Waals surface area contributed by atoms with Crippen molar-refractivity contribution in [1.82, 2.24) is 0 Å². The Hall–Kier alpha value is -0.970. The van der Waals surface area contributed by atoms with Crippen molar-refractivity contribution >= 4 is 24.0 Å². The summed E-state index contributed by atoms with van der Waals surface area (Å²) in [5, 5.41) is 0. The van der Waals surface area contributed by atoms with Crippen molar-refractivity contribution in [2.45, 2.75) is 5.54 Å². The summed E-state index contributed by atoms with van der Waals surface area (Å²) in [6.07, 6.45) is 5.80. The Morgan fingerprint density at radius 1 is 1.57 bits per heavy atom. The van der Waals surface area contributed by atoms with Gasteiger partial charge in [0, 0.05) is 7.11 Å². The molecule has 0 fully saturated rings. The molecule has 0 aromatic carbocycles. The van der Waals surface area contributed by atoms with Gasteiger partial charge < -0.3 is 10.5 Å². The molecule has 14 heavy (non-hydrogen) atoms. The lowest BCUT2D eigenvalue weighted by atomic mass is 9.87. The first-order valence-electron chi connectivity index (χ1n) is 3.82. The van der Waals surface area contributed by atoms with E-state index in [1.54, 1.807) is 12.2 Å². The fourth-order valence-electron chi connectivity index (χ4n) is 1.05. The molecule has 1 rings (SSSR count). The molecule has 0 heterocycles. The van der Waals surface area contributed by atoms with Gasteiger partial charge in [0.25, 0.3) is 0 Å². The monoisotopic (exact) mass is 217 g/mol. The minimum Gasteiger partial charge on any atom is -0.377 e. The normalized spacial score (nSPS) is 24.6. The summed E-state index contributed by atoms with van der Waals surface area (Å²) in [6.45, 7) is -0.152. The van der Waals surface area contributed by atoms with Gasteiger partial charge in [-0.3, -0.25) is 9.59 Å². The minimum absolute atomic E-state index is 0. The second-order valence-electron chi connectivity index (χ2n) is 2.81. The Morgan fingerprint density at radius 2 is 2.21 bits per heavy atom. The van der Waals surface area contributed by atoms with Crippen LogP contribution in [-0.4, -0.2) is 30.8 Å². The zero-order valence-electron chi connectivity index (χ0n) is 7.73. The Bertz CT molecular complexity index is 298. The third-order valence-corrected chi connectivity index (χ3v) is 1.86. The Kier molecular flexibility index (Phi) is 4.70. The number of Topliss-reactive ketones (excluding diaryl/α,β-unsaturated/α-hetero) is 1. The predicted molar refractivity (Wildman–Crippen MR) is 54.3 cm³/mol. The minimum atomic E-state index is -1.52. The van der Waals surface area contributed by atoms with E-state index in [9.17, 15) is 9.59 Å². The number of rotatable bonds is 3. The van der Waals surface area contributed by atoms with E-state index in [1.807, 2.05) is 0 Å². The SMILES string of the molecule is COCC(=O)C1(N)C=CC=CC1=O.Cl. The van der Waals surface area contributed by atoms with Crippen LogP contribution in [0.2, 0.25) is 0 Å². The number of nitrogens with two attached hydrogens (primary N) is 1. The van der Waals surface area contributed by atoms with Crippen molar-refractivity contribution in [2.24, 2.45) is 5.73 Å². The van der Waals surface area contributed by atoms with E-state index >= 15 is 0 Å². The van der Waals surface area contributed by atoms with E-state index in [0.29, 0.717) is 0 Å². The number of hydrogen-bond acceptors (Lipinski definition) is 4. The van der Waals surface area contributed by atoms with Crippen molar-refractivity contribution in [3.05, 3.63) is 24.3 Å². The molecule has 0 bridgehead atoms. The van der Waals surface area contributed by atoms with E-state index < -0.39 is 17.1 Å². The van der Waals surface area contributed by atoms with Crippen LogP contribution in [0.15, 0.2) is 24.3 Å². The third-order valence-electron chi connectivity index (χ3n) is 1.86. The van der Waals surface area contributed by atoms with E-state index in [2.05, 4.69) is 4.74 Å². The highest BCUT2D eigenvalue weighted by atomic mass is 35.5. The molecule has 2 N–H and O–H groups in total. The summed E-state index contributed by atoms with van der Waals surface area (Å²) < 4.78 is 4.63. The van der Waals surface area contributed by atoms with Gasteiger partial charge in [-0.05, 0) is 12.2 Å². The first-order valence-corrected chi connectivity index (χ1v) is 3.82. The molecule has 78 valence electrons. The molecule has 0 aliphatic heterocycles. The molecule has 0 amide bonds. The summed E-state index contributed by atoms with van der Waals surface area (Å²) in [7, 11) is 1.38. The molecular weight excluding hydrogens is 206 g/mol. The molecular formula is C9H12ClNO3. The second-order valence-corrected chi connectivity index (χ2v) is 2.81. The molecule has 0 radical (unpaired) electrons. The van der Waals surface area contributed by atoms with Gasteiger partial charge in [0.05, 0.1) is 0 Å². The van der Waals surface area contributed by atoms with Crippen molar-refractivity contribution in [3.8, 4) is 0 Å². The van der Waals surface area contributed by atoms with Gasteiger partial charge in [-0.2, -0.15) is 0 Å². The lowest BCUT2D eigenvalue weighted by Crippen LogP contribution is -2.54. The quantitative estimate of drug-likeness (QED) is 0.677. The highest BCUT2D eigenvalue weighted by Crippen LogP contribution is 2.12. The van der Waals surface area contributed by atoms with E-state index in [0.717, 1.165) is 0 Å². The van der Waals surface area contributed by atoms with Gasteiger partial charge in [0.15, 0.2) is 17.1 Å². The summed E-state index contributed by atoms with van der Waals surface area (Å²) in [5.41, 5.74) is 4.09. The first-order chi connectivity index (χ1) is 6.11. The Morgan fingerprint density at radius 3 is 2.71 bits per heavy atom. The number of carbonyl (C=O) groups excluding carboxylic acids is 2. The second kappa shape index (κ2) is 5.05. The smallest absolute Gasteiger partial charge is 0.190 e. The van der Waals surface area contributed by atoms with Crippen LogP contribution in [-0.2, 0) is 14.3 Å². The standard InChI is InChI=1S/C9H11NO3.ClH/c1-13-6-8(12)9(10)5-3-2-4-7(9)11;/h2-5H,6,10H2,1H3;1H. The number of carbonyl (C=O) groups is 2. The van der Waals surface area contributed by atoms with Crippen LogP contribution in [0.5, 0.6) is 0 Å². The summed E-state index contributed by atoms with van der Waals surface area (Å²) >= 11 is 0. The van der Waals surface area contributed by atoms with Crippen molar-refractivity contribution in [3.63, 3.8) is 0 Å². The molecule has 0 spiro atoms. The summed E-state index contributed by atoms with van der Waals surface area (Å²) in [6, 6.07) is 0. The van der Waals surface area contributed by atoms with Crippen LogP contribution in [0.3, 0.4) is 0 Å². The molecule has 1 atom stereocenters. The zero-order chi connectivity index (χ0) is 9.90. The van der Waals surface area contributed by atoms with Crippen LogP contribution >= 0.6 is 12.4 Å². The molecule has 0 aromatic rings. The molecule has 1 aliphatic rings. The topological polar surface area (TPSA) is 69.4 Å². The van der Waals surface area contributed by atoms with E-state index in [4.69, 9.17) is 5.73 Å². The maximum Gasteiger partial charge on any atom is 0.190 e. The molecule has 0 saturated heterocycles. The lowest BCUT2D eigenvalue weighted by molar-refractivity contribution is -0.132. The zero-order valence-corrected chi connectivity index (χ0v) is 8.54. The average Bonchev–Trinajstić information content (AvgIpc) is 2.11. The maximum atomic E-state index is 11.4. The highest BCUT2D eigenvalue weighted by Gasteiger charge is 2.38. The van der Waals surface area contributed by atoms with Gasteiger partial charge in [-0.15, -0.1) is 12.4 Å². The van der Waals surface area contributed by atoms with Gasteiger partial charge in [-0.25, -0.2) is 0 Å². The van der Waals surface area contributed by atoms with E-state index in [-0.39, 0.29) is 19.0 Å². The van der Waals surface area contributed by atoms with Gasteiger partial charge in [0.1, 0.15) is 6.61 Å². The predicted octanol–water partition coefficient (Wildman–Crippen LogP) is 0.0163. The number of methoxy groups -OCH3 is 1. The summed E-state index contributed by atoms with van der Waals surface area (Å²) in [5.74, 6) is -0.836. The van der Waals surface area contributed by atoms with Crippen LogP contribution in [0.1, 0.15) is 0 Å². The third kappa shape index (κ3) is 2.29. The fourth-order valence-corrected chi connectivity index (χ4v) is 1.05. The molecule has 0 aromatic heterocycles. The van der Waals surface area contributed by atoms with E-state index in [1.165, 1.54) is 19.3 Å². The van der Waals surface area contributed by atoms with Crippen molar-refractivity contribution in [1.29, 1.82) is 0 Å². The number of allylic oxidation sites excluding steroid dienone is 2. The molecule has 5 heteroatoms. The largest absolute Gasteiger partial charge is 0.377 e. The lowest BCUT2D eigenvalue weighted by Gasteiger charge is -2.22. The maximum absolute atomic E-state index is 11.4. The molecule has 1 aliphatic carbocycles. The molecule has 4 nitrogen and oxygen atoms in total. The number of halogens is 1. The Labute approximate surface area is 88.2 Å². The first kappa shape index (κ1) is 13.0. The van der Waals surface area contributed by atoms with Gasteiger partial charge >= 0.3 is 0 Å². The highest BCUT2D eigenvalue weighted by molar-refractivity contribution is 6.18. The van der Waals surface area contributed by atoms with Gasteiger partial charge in [0.2, 0.25) is 0 Å². The number of ether oxygens (including phenoxy) is 1. The summed E-state index contributed by atoms with van der Waals surface area (Å²) in [4.78, 5) is 22.7. The van der Waals surface area contributed by atoms with Crippen LogP contribution in [0.25, 0.3) is 0 Å². The van der Waals surface area contributed by atoms with Crippen molar-refractivity contribution in [2.75, 3.05) is 13.7 Å². The molecule has 0 saturated carbocycles. The molecule has 1 unspecified atom stereocenters. The fraction of sp³-hybridized carbons (Fsp3) is 0.333. The average molecular weight is 218 g/mol. The number of hydrogen-bond donors (Lipinski definition) is 1. The van der Waals surface area contributed by atoms with Crippen LogP contribution in [0.4, 0.5) is 0 Å². The van der Waals surface area contributed by atoms with Crippen LogP contribution in [0, 0.1) is 0 Å². The van der Waals surface area contributed by atoms with Crippen molar-refractivity contribution < 1.29 is 14.3 Å². The number of ketones is 2. The van der Waals surface area contributed by atoms with Gasteiger partial charge in [-0.1, -0.05) is 12.2 Å². The Balaban J connectivity index is 0.00000169.